The number of benzene rings is 4. The van der Waals surface area contributed by atoms with Crippen molar-refractivity contribution in [2.75, 3.05) is 0 Å². The summed E-state index contributed by atoms with van der Waals surface area (Å²) in [6.45, 7) is 0. The van der Waals surface area contributed by atoms with Crippen LogP contribution in [0.15, 0.2) is 121 Å². The van der Waals surface area contributed by atoms with E-state index in [1.165, 1.54) is 0 Å². The summed E-state index contributed by atoms with van der Waals surface area (Å²) in [6.07, 6.45) is 0.588. The summed E-state index contributed by atoms with van der Waals surface area (Å²) in [5, 5.41) is 0. The van der Waals surface area contributed by atoms with Crippen LogP contribution in [-0.4, -0.2) is 11.6 Å². The minimum Gasteiger partial charge on any atom is -0.299 e. The number of Topliss-reactive ketones (excluding diaryl/α,β-unsaturated/α-hetero) is 2. The second-order valence-corrected chi connectivity index (χ2v) is 8.03. The average Bonchev–Trinajstić information content (AvgIpc) is 2.84. The molecule has 0 spiro atoms. The zero-order valence-corrected chi connectivity index (χ0v) is 17.9. The Bertz CT molecular complexity index is 1040. The predicted molar refractivity (Wildman–Crippen MR) is 129 cm³/mol. The maximum Gasteiger partial charge on any atom is 0.145 e. The highest BCUT2D eigenvalue weighted by atomic mass is 16.1. The first-order valence-corrected chi connectivity index (χ1v) is 11.0. The maximum absolute atomic E-state index is 13.7. The van der Waals surface area contributed by atoms with Crippen molar-refractivity contribution in [2.24, 2.45) is 0 Å². The van der Waals surface area contributed by atoms with Gasteiger partial charge in [-0.2, -0.15) is 0 Å². The number of carbonyl (C=O) groups excluding carboxylic acids is 2. The molecule has 0 aliphatic rings. The molecule has 0 amide bonds. The first-order chi connectivity index (χ1) is 15.7. The summed E-state index contributed by atoms with van der Waals surface area (Å²) < 4.78 is 0. The Hall–Kier alpha value is -3.78. The lowest BCUT2D eigenvalue weighted by Crippen LogP contribution is -2.29. The van der Waals surface area contributed by atoms with Crippen LogP contribution in [0.25, 0.3) is 0 Å². The Balaban J connectivity index is 1.75. The molecule has 4 rings (SSSR count). The van der Waals surface area contributed by atoms with Crippen LogP contribution in [0.3, 0.4) is 0 Å². The van der Waals surface area contributed by atoms with Crippen LogP contribution in [0.2, 0.25) is 0 Å². The molecule has 0 fully saturated rings. The Morgan fingerprint density at radius 1 is 0.438 bits per heavy atom. The van der Waals surface area contributed by atoms with Gasteiger partial charge in [-0.1, -0.05) is 121 Å². The van der Waals surface area contributed by atoms with Crippen LogP contribution in [0.4, 0.5) is 0 Å². The molecule has 0 N–H and O–H groups in total. The van der Waals surface area contributed by atoms with E-state index in [1.54, 1.807) is 0 Å². The van der Waals surface area contributed by atoms with Crippen LogP contribution in [0.1, 0.15) is 34.1 Å². The molecule has 0 unspecified atom stereocenters. The van der Waals surface area contributed by atoms with Gasteiger partial charge in [-0.15, -0.1) is 0 Å². The number of carbonyl (C=O) groups is 2. The van der Waals surface area contributed by atoms with Crippen molar-refractivity contribution in [3.63, 3.8) is 0 Å². The van der Waals surface area contributed by atoms with Crippen LogP contribution < -0.4 is 0 Å². The van der Waals surface area contributed by atoms with E-state index in [0.29, 0.717) is 12.8 Å². The summed E-state index contributed by atoms with van der Waals surface area (Å²) in [4.78, 5) is 27.5. The molecule has 0 aliphatic heterocycles. The smallest absolute Gasteiger partial charge is 0.145 e. The molecule has 2 nitrogen and oxygen atoms in total. The topological polar surface area (TPSA) is 34.1 Å². The molecule has 158 valence electrons. The van der Waals surface area contributed by atoms with Crippen molar-refractivity contribution in [3.05, 3.63) is 144 Å². The molecule has 0 aromatic heterocycles. The summed E-state index contributed by atoms with van der Waals surface area (Å²) in [5.74, 6) is -0.986. The van der Waals surface area contributed by atoms with Crippen LogP contribution in [0, 0.1) is 0 Å². The molecule has 0 saturated heterocycles. The van der Waals surface area contributed by atoms with E-state index < -0.39 is 11.8 Å². The third-order valence-corrected chi connectivity index (χ3v) is 5.79. The van der Waals surface area contributed by atoms with Crippen molar-refractivity contribution in [3.8, 4) is 0 Å². The summed E-state index contributed by atoms with van der Waals surface area (Å²) in [7, 11) is 0. The third-order valence-electron chi connectivity index (χ3n) is 5.79. The first-order valence-electron chi connectivity index (χ1n) is 11.0. The second-order valence-electron chi connectivity index (χ2n) is 8.03. The van der Waals surface area contributed by atoms with Gasteiger partial charge in [-0.3, -0.25) is 9.59 Å². The van der Waals surface area contributed by atoms with E-state index in [0.717, 1.165) is 22.3 Å². The lowest BCUT2D eigenvalue weighted by Gasteiger charge is -2.26. The predicted octanol–water partition coefficient (Wildman–Crippen LogP) is 6.18. The quantitative estimate of drug-likeness (QED) is 0.325. The van der Waals surface area contributed by atoms with Gasteiger partial charge in [-0.05, 0) is 22.3 Å². The zero-order valence-electron chi connectivity index (χ0n) is 17.9. The van der Waals surface area contributed by atoms with Crippen LogP contribution >= 0.6 is 0 Å². The Morgan fingerprint density at radius 3 is 1.03 bits per heavy atom. The molecule has 0 aliphatic carbocycles. The normalized spacial score (nSPS) is 12.6. The number of rotatable bonds is 9. The highest BCUT2D eigenvalue weighted by molar-refractivity contribution is 5.98. The molecule has 0 saturated carbocycles. The van der Waals surface area contributed by atoms with Crippen molar-refractivity contribution < 1.29 is 9.59 Å². The minimum absolute atomic E-state index is 0.0534. The molecule has 2 atom stereocenters. The fourth-order valence-corrected chi connectivity index (χ4v) is 4.26. The monoisotopic (exact) mass is 418 g/mol. The number of hydrogen-bond acceptors (Lipinski definition) is 2. The summed E-state index contributed by atoms with van der Waals surface area (Å²) in [5.41, 5.74) is 3.67. The standard InChI is InChI=1S/C30H26O2/c31-27(21-23-13-5-1-6-14-23)29(25-17-9-3-10-18-25)30(26-19-11-4-12-20-26)28(32)22-24-15-7-2-8-16-24/h1-20,29-30H,21-22H2/t29-,30-/m0/s1. The van der Waals surface area contributed by atoms with Gasteiger partial charge in [0.05, 0.1) is 11.8 Å². The van der Waals surface area contributed by atoms with Gasteiger partial charge < -0.3 is 0 Å². The third kappa shape index (κ3) is 5.28. The number of ketones is 2. The van der Waals surface area contributed by atoms with Gasteiger partial charge in [0.15, 0.2) is 0 Å². The van der Waals surface area contributed by atoms with Crippen molar-refractivity contribution in [1.29, 1.82) is 0 Å². The molecular weight excluding hydrogens is 392 g/mol. The lowest BCUT2D eigenvalue weighted by molar-refractivity contribution is -0.126. The summed E-state index contributed by atoms with van der Waals surface area (Å²) in [6, 6.07) is 38.9. The van der Waals surface area contributed by atoms with E-state index in [1.807, 2.05) is 121 Å². The Morgan fingerprint density at radius 2 is 0.719 bits per heavy atom. The molecule has 4 aromatic carbocycles. The molecule has 2 heteroatoms. The molecule has 0 radical (unpaired) electrons. The fraction of sp³-hybridized carbons (Fsp3) is 0.133. The lowest BCUT2D eigenvalue weighted by atomic mass is 9.74. The van der Waals surface area contributed by atoms with Gasteiger partial charge >= 0.3 is 0 Å². The van der Waals surface area contributed by atoms with Crippen molar-refractivity contribution in [2.45, 2.75) is 24.7 Å². The largest absolute Gasteiger partial charge is 0.299 e. The van der Waals surface area contributed by atoms with E-state index in [9.17, 15) is 9.59 Å². The highest BCUT2D eigenvalue weighted by Crippen LogP contribution is 2.36. The van der Waals surface area contributed by atoms with Crippen molar-refractivity contribution in [1.82, 2.24) is 0 Å². The zero-order chi connectivity index (χ0) is 22.2. The fourth-order valence-electron chi connectivity index (χ4n) is 4.26. The van der Waals surface area contributed by atoms with Crippen LogP contribution in [-0.2, 0) is 22.4 Å². The van der Waals surface area contributed by atoms with E-state index in [4.69, 9.17) is 0 Å². The second kappa shape index (κ2) is 10.5. The van der Waals surface area contributed by atoms with E-state index >= 15 is 0 Å². The molecule has 4 aromatic rings. The van der Waals surface area contributed by atoms with Crippen LogP contribution in [0.5, 0.6) is 0 Å². The van der Waals surface area contributed by atoms with Crippen molar-refractivity contribution >= 4 is 11.6 Å². The SMILES string of the molecule is O=C(Cc1ccccc1)[C@H](c1ccccc1)[C@H](C(=O)Cc1ccccc1)c1ccccc1. The van der Waals surface area contributed by atoms with Gasteiger partial charge in [0.1, 0.15) is 11.6 Å². The van der Waals surface area contributed by atoms with Gasteiger partial charge in [0, 0.05) is 12.8 Å². The van der Waals surface area contributed by atoms with E-state index in [-0.39, 0.29) is 11.6 Å². The minimum atomic E-state index is -0.546. The Labute approximate surface area is 189 Å². The molecule has 32 heavy (non-hydrogen) atoms. The first kappa shape index (κ1) is 21.5. The van der Waals surface area contributed by atoms with E-state index in [2.05, 4.69) is 0 Å². The number of hydrogen-bond donors (Lipinski definition) is 0. The highest BCUT2D eigenvalue weighted by Gasteiger charge is 2.35. The van der Waals surface area contributed by atoms with Gasteiger partial charge in [0.2, 0.25) is 0 Å². The Kier molecular flexibility index (Phi) is 7.04. The molecular formula is C30H26O2. The molecule has 0 bridgehead atoms. The molecule has 0 heterocycles. The summed E-state index contributed by atoms with van der Waals surface area (Å²) >= 11 is 0. The average molecular weight is 419 g/mol. The maximum atomic E-state index is 13.7. The van der Waals surface area contributed by atoms with Gasteiger partial charge in [0.25, 0.3) is 0 Å². The van der Waals surface area contributed by atoms with Gasteiger partial charge in [-0.25, -0.2) is 0 Å².